The molecular weight excluding hydrogens is 310 g/mol. The molecule has 0 amide bonds. The lowest BCUT2D eigenvalue weighted by molar-refractivity contribution is 0.499. The summed E-state index contributed by atoms with van der Waals surface area (Å²) >= 11 is 0. The molecule has 3 aromatic rings. The number of nitrogens with zero attached hydrogens (tertiary/aromatic N) is 1. The molecule has 4 nitrogen and oxygen atoms in total. The lowest BCUT2D eigenvalue weighted by Gasteiger charge is -2.21. The van der Waals surface area contributed by atoms with E-state index in [0.29, 0.717) is 30.9 Å². The zero-order valence-electron chi connectivity index (χ0n) is 14.8. The lowest BCUT2D eigenvalue weighted by Crippen LogP contribution is -2.28. The van der Waals surface area contributed by atoms with Crippen LogP contribution in [0.15, 0.2) is 53.3 Å². The van der Waals surface area contributed by atoms with Gasteiger partial charge in [-0.2, -0.15) is 0 Å². The van der Waals surface area contributed by atoms with Crippen molar-refractivity contribution in [2.24, 2.45) is 17.4 Å². The van der Waals surface area contributed by atoms with Crippen LogP contribution in [0.5, 0.6) is 0 Å². The molecule has 0 fully saturated rings. The van der Waals surface area contributed by atoms with Crippen LogP contribution in [0.25, 0.3) is 21.9 Å². The third-order valence-corrected chi connectivity index (χ3v) is 4.48. The minimum Gasteiger partial charge on any atom is -0.326 e. The van der Waals surface area contributed by atoms with Crippen LogP contribution in [-0.2, 0) is 19.6 Å². The predicted molar refractivity (Wildman–Crippen MR) is 104 cm³/mol. The summed E-state index contributed by atoms with van der Waals surface area (Å²) in [5, 5.41) is 1.65. The third-order valence-electron chi connectivity index (χ3n) is 4.48. The van der Waals surface area contributed by atoms with Gasteiger partial charge in [-0.3, -0.25) is 4.79 Å². The van der Waals surface area contributed by atoms with Gasteiger partial charge in [0.05, 0.1) is 0 Å². The van der Waals surface area contributed by atoms with Crippen LogP contribution in [-0.4, -0.2) is 4.57 Å². The predicted octanol–water partition coefficient (Wildman–Crippen LogP) is 3.24. The molecule has 1 heterocycles. The fourth-order valence-electron chi connectivity index (χ4n) is 3.37. The largest absolute Gasteiger partial charge is 0.326 e. The van der Waals surface area contributed by atoms with Crippen molar-refractivity contribution in [1.29, 1.82) is 0 Å². The Balaban J connectivity index is 2.47. The van der Waals surface area contributed by atoms with Gasteiger partial charge in [-0.05, 0) is 34.6 Å². The molecule has 3 rings (SSSR count). The Labute approximate surface area is 148 Å². The van der Waals surface area contributed by atoms with Crippen LogP contribution in [0.2, 0.25) is 0 Å². The lowest BCUT2D eigenvalue weighted by atomic mass is 9.95. The van der Waals surface area contributed by atoms with E-state index in [0.717, 1.165) is 27.8 Å². The van der Waals surface area contributed by atoms with E-state index in [1.807, 2.05) is 41.0 Å². The molecule has 0 radical (unpaired) electrons. The number of benzene rings is 2. The summed E-state index contributed by atoms with van der Waals surface area (Å²) in [6.07, 6.45) is 0. The van der Waals surface area contributed by atoms with E-state index in [2.05, 4.69) is 26.0 Å². The van der Waals surface area contributed by atoms with Gasteiger partial charge >= 0.3 is 0 Å². The molecule has 0 saturated heterocycles. The first kappa shape index (κ1) is 17.4. The van der Waals surface area contributed by atoms with Gasteiger partial charge in [-0.25, -0.2) is 0 Å². The Hall–Kier alpha value is -2.43. The maximum atomic E-state index is 13.1. The quantitative estimate of drug-likeness (QED) is 0.752. The molecule has 25 heavy (non-hydrogen) atoms. The van der Waals surface area contributed by atoms with Crippen molar-refractivity contribution in [3.05, 3.63) is 70.1 Å². The van der Waals surface area contributed by atoms with E-state index in [4.69, 9.17) is 11.5 Å². The highest BCUT2D eigenvalue weighted by molar-refractivity contribution is 5.97. The standard InChI is InChI=1S/C21H25N3O/c1-14(2)13-24-19(12-23)20(16-6-4-3-5-7-16)18-10-15(11-22)8-9-17(18)21(24)25/h3-10,14H,11-13,22-23H2,1-2H3. The van der Waals surface area contributed by atoms with Crippen LogP contribution in [0.3, 0.4) is 0 Å². The molecule has 4 N–H and O–H groups in total. The summed E-state index contributed by atoms with van der Waals surface area (Å²) in [5.41, 5.74) is 16.0. The number of hydrogen-bond acceptors (Lipinski definition) is 3. The number of pyridine rings is 1. The first-order valence-corrected chi connectivity index (χ1v) is 8.70. The van der Waals surface area contributed by atoms with Gasteiger partial charge in [0.2, 0.25) is 0 Å². The van der Waals surface area contributed by atoms with E-state index in [9.17, 15) is 4.79 Å². The molecule has 0 unspecified atom stereocenters. The van der Waals surface area contributed by atoms with Crippen LogP contribution in [0.1, 0.15) is 25.1 Å². The smallest absolute Gasteiger partial charge is 0.258 e. The molecule has 0 spiro atoms. The second-order valence-electron chi connectivity index (χ2n) is 6.79. The molecule has 0 aliphatic heterocycles. The average molecular weight is 335 g/mol. The van der Waals surface area contributed by atoms with Crippen LogP contribution >= 0.6 is 0 Å². The van der Waals surface area contributed by atoms with Crippen LogP contribution in [0, 0.1) is 5.92 Å². The van der Waals surface area contributed by atoms with Gasteiger partial charge in [0.1, 0.15) is 0 Å². The van der Waals surface area contributed by atoms with Crippen molar-refractivity contribution in [2.45, 2.75) is 33.5 Å². The molecular formula is C21H25N3O. The number of nitrogens with two attached hydrogens (primary N) is 2. The van der Waals surface area contributed by atoms with Crippen molar-refractivity contribution in [3.63, 3.8) is 0 Å². The molecule has 0 saturated carbocycles. The van der Waals surface area contributed by atoms with Gasteiger partial charge in [-0.15, -0.1) is 0 Å². The highest BCUT2D eigenvalue weighted by Gasteiger charge is 2.18. The van der Waals surface area contributed by atoms with Gasteiger partial charge in [0.15, 0.2) is 0 Å². The Morgan fingerprint density at radius 2 is 1.68 bits per heavy atom. The Morgan fingerprint density at radius 3 is 2.28 bits per heavy atom. The van der Waals surface area contributed by atoms with Gasteiger partial charge in [0.25, 0.3) is 5.56 Å². The summed E-state index contributed by atoms with van der Waals surface area (Å²) in [4.78, 5) is 13.1. The van der Waals surface area contributed by atoms with Crippen molar-refractivity contribution in [1.82, 2.24) is 4.57 Å². The number of aromatic nitrogens is 1. The summed E-state index contributed by atoms with van der Waals surface area (Å²) in [6, 6.07) is 16.0. The van der Waals surface area contributed by atoms with Crippen LogP contribution in [0.4, 0.5) is 0 Å². The van der Waals surface area contributed by atoms with Crippen molar-refractivity contribution in [3.8, 4) is 11.1 Å². The summed E-state index contributed by atoms with van der Waals surface area (Å²) in [7, 11) is 0. The van der Waals surface area contributed by atoms with Crippen molar-refractivity contribution >= 4 is 10.8 Å². The summed E-state index contributed by atoms with van der Waals surface area (Å²) in [5.74, 6) is 0.354. The monoisotopic (exact) mass is 335 g/mol. The van der Waals surface area contributed by atoms with E-state index < -0.39 is 0 Å². The molecule has 0 aliphatic carbocycles. The van der Waals surface area contributed by atoms with Crippen molar-refractivity contribution in [2.75, 3.05) is 0 Å². The van der Waals surface area contributed by atoms with Gasteiger partial charge < -0.3 is 16.0 Å². The van der Waals surface area contributed by atoms with E-state index in [-0.39, 0.29) is 5.56 Å². The van der Waals surface area contributed by atoms with E-state index in [1.165, 1.54) is 0 Å². The highest BCUT2D eigenvalue weighted by atomic mass is 16.1. The third kappa shape index (κ3) is 3.23. The number of hydrogen-bond donors (Lipinski definition) is 2. The Morgan fingerprint density at radius 1 is 0.960 bits per heavy atom. The second kappa shape index (κ2) is 7.21. The van der Waals surface area contributed by atoms with Crippen molar-refractivity contribution < 1.29 is 0 Å². The molecule has 130 valence electrons. The zero-order valence-corrected chi connectivity index (χ0v) is 14.8. The average Bonchev–Trinajstić information content (AvgIpc) is 2.63. The molecule has 0 aliphatic rings. The first-order valence-electron chi connectivity index (χ1n) is 8.70. The molecule has 4 heteroatoms. The highest BCUT2D eigenvalue weighted by Crippen LogP contribution is 2.31. The topological polar surface area (TPSA) is 74.0 Å². The molecule has 2 aromatic carbocycles. The fraction of sp³-hybridized carbons (Fsp3) is 0.286. The molecule has 0 bridgehead atoms. The van der Waals surface area contributed by atoms with E-state index >= 15 is 0 Å². The number of fused-ring (bicyclic) bond motifs is 1. The first-order chi connectivity index (χ1) is 12.1. The minimum absolute atomic E-state index is 0.0207. The van der Waals surface area contributed by atoms with Crippen LogP contribution < -0.4 is 17.0 Å². The second-order valence-corrected chi connectivity index (χ2v) is 6.79. The Kier molecular flexibility index (Phi) is 5.02. The normalized spacial score (nSPS) is 11.4. The maximum absolute atomic E-state index is 13.1. The van der Waals surface area contributed by atoms with Gasteiger partial charge in [-0.1, -0.05) is 50.2 Å². The Bertz CT molecular complexity index is 943. The molecule has 1 aromatic heterocycles. The molecule has 0 atom stereocenters. The SMILES string of the molecule is CC(C)Cn1c(CN)c(-c2ccccc2)c2cc(CN)ccc2c1=O. The number of rotatable bonds is 5. The minimum atomic E-state index is 0.0207. The summed E-state index contributed by atoms with van der Waals surface area (Å²) < 4.78 is 1.84. The van der Waals surface area contributed by atoms with E-state index in [1.54, 1.807) is 0 Å². The summed E-state index contributed by atoms with van der Waals surface area (Å²) in [6.45, 7) is 5.62. The fourth-order valence-corrected chi connectivity index (χ4v) is 3.37. The van der Waals surface area contributed by atoms with Gasteiger partial charge in [0, 0.05) is 36.3 Å². The zero-order chi connectivity index (χ0) is 18.0. The maximum Gasteiger partial charge on any atom is 0.258 e.